The van der Waals surface area contributed by atoms with Gasteiger partial charge in [0.15, 0.2) is 0 Å². The summed E-state index contributed by atoms with van der Waals surface area (Å²) < 4.78 is 11.5. The Morgan fingerprint density at radius 3 is 2.80 bits per heavy atom. The van der Waals surface area contributed by atoms with E-state index in [-0.39, 0.29) is 5.92 Å². The van der Waals surface area contributed by atoms with Crippen LogP contribution in [0.2, 0.25) is 0 Å². The number of benzene rings is 1. The summed E-state index contributed by atoms with van der Waals surface area (Å²) in [5, 5.41) is 10.7. The smallest absolute Gasteiger partial charge is 0.247 e. The normalized spacial score (nSPS) is 21.0. The molecule has 0 amide bonds. The number of likely N-dealkylation sites (tertiary alicyclic amines) is 1. The van der Waals surface area contributed by atoms with E-state index in [2.05, 4.69) is 32.6 Å². The van der Waals surface area contributed by atoms with Gasteiger partial charge in [-0.3, -0.25) is 4.90 Å². The van der Waals surface area contributed by atoms with E-state index in [4.69, 9.17) is 9.15 Å². The van der Waals surface area contributed by atoms with Crippen molar-refractivity contribution in [2.75, 3.05) is 26.8 Å². The average molecular weight is 355 g/mol. The lowest BCUT2D eigenvalue weighted by Gasteiger charge is -2.14. The van der Waals surface area contributed by atoms with E-state index in [1.807, 2.05) is 30.3 Å². The van der Waals surface area contributed by atoms with Crippen molar-refractivity contribution < 1.29 is 9.15 Å². The van der Waals surface area contributed by atoms with Gasteiger partial charge in [0.1, 0.15) is 0 Å². The monoisotopic (exact) mass is 355 g/mol. The Morgan fingerprint density at radius 2 is 2.04 bits per heavy atom. The fourth-order valence-electron chi connectivity index (χ4n) is 3.46. The lowest BCUT2D eigenvalue weighted by Crippen LogP contribution is -2.20. The van der Waals surface area contributed by atoms with Crippen LogP contribution in [0.3, 0.4) is 0 Å². The van der Waals surface area contributed by atoms with Gasteiger partial charge in [-0.2, -0.15) is 0 Å². The van der Waals surface area contributed by atoms with Crippen LogP contribution < -0.4 is 0 Å². The van der Waals surface area contributed by atoms with Crippen LogP contribution in [0.15, 0.2) is 52.3 Å². The van der Waals surface area contributed by atoms with Crippen molar-refractivity contribution >= 4 is 11.3 Å². The Bertz CT molecular complexity index is 788. The van der Waals surface area contributed by atoms with Gasteiger partial charge in [-0.05, 0) is 23.6 Å². The maximum absolute atomic E-state index is 6.01. The molecule has 1 aliphatic heterocycles. The molecule has 0 aliphatic carbocycles. The van der Waals surface area contributed by atoms with Crippen molar-refractivity contribution in [2.45, 2.75) is 12.5 Å². The number of hydrogen-bond donors (Lipinski definition) is 0. The van der Waals surface area contributed by atoms with Crippen LogP contribution in [0.25, 0.3) is 11.5 Å². The van der Waals surface area contributed by atoms with Crippen molar-refractivity contribution in [3.05, 3.63) is 58.6 Å². The minimum absolute atomic E-state index is 0.213. The van der Waals surface area contributed by atoms with Gasteiger partial charge in [-0.25, -0.2) is 0 Å². The average Bonchev–Trinajstić information content (AvgIpc) is 3.37. The Labute approximate surface area is 151 Å². The zero-order valence-corrected chi connectivity index (χ0v) is 15.0. The minimum Gasteiger partial charge on any atom is -0.420 e. The molecule has 2 atom stereocenters. The SMILES string of the molecule is COC[C@@H]1CN(Cc2cccs2)C[C@H]1c1nnc(-c2ccccc2)o1. The largest absolute Gasteiger partial charge is 0.420 e. The molecule has 1 saturated heterocycles. The number of methoxy groups -OCH3 is 1. The number of hydrogen-bond acceptors (Lipinski definition) is 6. The highest BCUT2D eigenvalue weighted by atomic mass is 32.1. The Balaban J connectivity index is 1.52. The van der Waals surface area contributed by atoms with Gasteiger partial charge in [-0.15, -0.1) is 21.5 Å². The molecule has 0 radical (unpaired) electrons. The van der Waals surface area contributed by atoms with Gasteiger partial charge in [0.05, 0.1) is 12.5 Å². The van der Waals surface area contributed by atoms with Crippen molar-refractivity contribution in [3.63, 3.8) is 0 Å². The fourth-order valence-corrected chi connectivity index (χ4v) is 4.20. The topological polar surface area (TPSA) is 51.4 Å². The Morgan fingerprint density at radius 1 is 1.16 bits per heavy atom. The van der Waals surface area contributed by atoms with E-state index in [9.17, 15) is 0 Å². The van der Waals surface area contributed by atoms with E-state index in [1.54, 1.807) is 18.4 Å². The first kappa shape index (κ1) is 16.4. The molecule has 1 aliphatic rings. The van der Waals surface area contributed by atoms with Crippen molar-refractivity contribution in [3.8, 4) is 11.5 Å². The van der Waals surface area contributed by atoms with E-state index in [1.165, 1.54) is 4.88 Å². The van der Waals surface area contributed by atoms with Crippen LogP contribution in [0.5, 0.6) is 0 Å². The standard InChI is InChI=1S/C19H21N3O2S/c1-23-13-15-10-22(11-16-8-5-9-25-16)12-17(15)19-21-20-18(24-19)14-6-3-2-4-7-14/h2-9,15,17H,10-13H2,1H3/t15-,17+/m0/s1. The maximum atomic E-state index is 6.01. The summed E-state index contributed by atoms with van der Waals surface area (Å²) in [6, 6.07) is 14.2. The first-order valence-electron chi connectivity index (χ1n) is 8.46. The van der Waals surface area contributed by atoms with E-state index in [0.717, 1.165) is 31.1 Å². The van der Waals surface area contributed by atoms with Crippen LogP contribution in [0, 0.1) is 5.92 Å². The van der Waals surface area contributed by atoms with Crippen molar-refractivity contribution in [2.24, 2.45) is 5.92 Å². The quantitative estimate of drug-likeness (QED) is 0.675. The second kappa shape index (κ2) is 7.47. The van der Waals surface area contributed by atoms with E-state index in [0.29, 0.717) is 18.4 Å². The number of nitrogens with zero attached hydrogens (tertiary/aromatic N) is 3. The molecule has 1 fully saturated rings. The summed E-state index contributed by atoms with van der Waals surface area (Å²) >= 11 is 1.80. The number of rotatable bonds is 6. The zero-order valence-electron chi connectivity index (χ0n) is 14.2. The molecule has 0 spiro atoms. The molecule has 3 aromatic rings. The first-order chi connectivity index (χ1) is 12.3. The molecule has 6 heteroatoms. The molecule has 5 nitrogen and oxygen atoms in total. The lowest BCUT2D eigenvalue weighted by atomic mass is 9.97. The number of aromatic nitrogens is 2. The molecule has 2 aromatic heterocycles. The summed E-state index contributed by atoms with van der Waals surface area (Å²) in [6.07, 6.45) is 0. The van der Waals surface area contributed by atoms with Gasteiger partial charge in [0.25, 0.3) is 0 Å². The molecule has 4 rings (SSSR count). The summed E-state index contributed by atoms with van der Waals surface area (Å²) in [5.41, 5.74) is 0.956. The van der Waals surface area contributed by atoms with Gasteiger partial charge in [0.2, 0.25) is 11.8 Å². The van der Waals surface area contributed by atoms with Crippen LogP contribution in [-0.4, -0.2) is 41.9 Å². The molecule has 3 heterocycles. The molecule has 0 N–H and O–H groups in total. The first-order valence-corrected chi connectivity index (χ1v) is 9.34. The molecule has 1 aromatic carbocycles. The third-order valence-corrected chi connectivity index (χ3v) is 5.50. The summed E-state index contributed by atoms with van der Waals surface area (Å²) in [6.45, 7) is 3.57. The lowest BCUT2D eigenvalue weighted by molar-refractivity contribution is 0.144. The number of thiophene rings is 1. The maximum Gasteiger partial charge on any atom is 0.247 e. The minimum atomic E-state index is 0.213. The van der Waals surface area contributed by atoms with E-state index >= 15 is 0 Å². The van der Waals surface area contributed by atoms with Crippen LogP contribution >= 0.6 is 11.3 Å². The molecule has 130 valence electrons. The van der Waals surface area contributed by atoms with Gasteiger partial charge in [-0.1, -0.05) is 24.3 Å². The summed E-state index contributed by atoms with van der Waals surface area (Å²) in [4.78, 5) is 3.83. The van der Waals surface area contributed by atoms with Gasteiger partial charge >= 0.3 is 0 Å². The molecule has 0 unspecified atom stereocenters. The van der Waals surface area contributed by atoms with Crippen molar-refractivity contribution in [1.29, 1.82) is 0 Å². The highest BCUT2D eigenvalue weighted by molar-refractivity contribution is 7.09. The third kappa shape index (κ3) is 3.66. The van der Waals surface area contributed by atoms with Crippen LogP contribution in [0.4, 0.5) is 0 Å². The highest BCUT2D eigenvalue weighted by Crippen LogP contribution is 2.34. The van der Waals surface area contributed by atoms with Gasteiger partial charge in [0, 0.05) is 43.1 Å². The Hall–Kier alpha value is -2.02. The summed E-state index contributed by atoms with van der Waals surface area (Å²) in [5.74, 6) is 1.89. The van der Waals surface area contributed by atoms with Crippen LogP contribution in [0.1, 0.15) is 16.7 Å². The molecule has 25 heavy (non-hydrogen) atoms. The third-order valence-electron chi connectivity index (χ3n) is 4.64. The molecular formula is C19H21N3O2S. The highest BCUT2D eigenvalue weighted by Gasteiger charge is 2.37. The second-order valence-corrected chi connectivity index (χ2v) is 7.44. The predicted molar refractivity (Wildman–Crippen MR) is 97.4 cm³/mol. The molecule has 0 bridgehead atoms. The van der Waals surface area contributed by atoms with E-state index < -0.39 is 0 Å². The van der Waals surface area contributed by atoms with Crippen LogP contribution in [-0.2, 0) is 11.3 Å². The van der Waals surface area contributed by atoms with Crippen molar-refractivity contribution in [1.82, 2.24) is 15.1 Å². The van der Waals surface area contributed by atoms with Gasteiger partial charge < -0.3 is 9.15 Å². The second-order valence-electron chi connectivity index (χ2n) is 6.41. The molecular weight excluding hydrogens is 334 g/mol. The zero-order chi connectivity index (χ0) is 17.1. The molecule has 0 saturated carbocycles. The Kier molecular flexibility index (Phi) is 4.92. The fraction of sp³-hybridized carbons (Fsp3) is 0.368. The predicted octanol–water partition coefficient (Wildman–Crippen LogP) is 3.66. The summed E-state index contributed by atoms with van der Waals surface area (Å²) in [7, 11) is 1.75. The number of ether oxygens (including phenoxy) is 1.